The summed E-state index contributed by atoms with van der Waals surface area (Å²) < 4.78 is 1.49. The second kappa shape index (κ2) is 9.70. The predicted molar refractivity (Wildman–Crippen MR) is 142 cm³/mol. The summed E-state index contributed by atoms with van der Waals surface area (Å²) in [6.07, 6.45) is 3.32. The van der Waals surface area contributed by atoms with Crippen LogP contribution in [0.3, 0.4) is 0 Å². The number of rotatable bonds is 7. The van der Waals surface area contributed by atoms with Gasteiger partial charge >= 0.3 is 0 Å². The lowest BCUT2D eigenvalue weighted by atomic mass is 9.50. The van der Waals surface area contributed by atoms with E-state index in [-0.39, 0.29) is 72.0 Å². The summed E-state index contributed by atoms with van der Waals surface area (Å²) in [5.41, 5.74) is 18.8. The average Bonchev–Trinajstić information content (AvgIpc) is 3.56. The molecule has 2 aliphatic carbocycles. The molecule has 0 aromatic carbocycles. The van der Waals surface area contributed by atoms with E-state index >= 15 is 0 Å². The molecule has 0 aliphatic heterocycles. The van der Waals surface area contributed by atoms with Gasteiger partial charge in [0.05, 0.1) is 5.69 Å². The van der Waals surface area contributed by atoms with Crippen molar-refractivity contribution in [2.45, 2.75) is 12.0 Å². The Morgan fingerprint density at radius 1 is 1.00 bits per heavy atom. The highest BCUT2D eigenvalue weighted by Crippen LogP contribution is 2.57. The number of carbonyl (C=O) groups excluding carboxylic acids is 3. The Bertz CT molecular complexity index is 1400. The molecule has 1 fully saturated rings. The minimum absolute atomic E-state index is 0.107. The summed E-state index contributed by atoms with van der Waals surface area (Å²) in [6.45, 7) is 0.500. The second-order valence-electron chi connectivity index (χ2n) is 9.06. The Hall–Kier alpha value is -3.59. The molecule has 0 radical (unpaired) electrons. The number of hydrogen-bond acceptors (Lipinski definition) is 6. The molecule has 5 atom stereocenters. The van der Waals surface area contributed by atoms with Crippen LogP contribution < -0.4 is 27.8 Å². The lowest BCUT2D eigenvalue weighted by molar-refractivity contribution is 0.00694. The van der Waals surface area contributed by atoms with Gasteiger partial charge in [0.25, 0.3) is 11.8 Å². The molecule has 0 unspecified atom stereocenters. The fraction of sp³-hybridized carbons (Fsp3) is 0.318. The highest BCUT2D eigenvalue weighted by atomic mass is 79.9. The molecule has 37 heavy (non-hydrogen) atoms. The number of aliphatic imine (C=N–C) groups is 1. The van der Waals surface area contributed by atoms with Crippen molar-refractivity contribution in [3.63, 3.8) is 0 Å². The molecule has 3 aromatic rings. The number of H-pyrrole nitrogens is 3. The lowest BCUT2D eigenvalue weighted by Crippen LogP contribution is -2.61. The number of nitrogens with zero attached hydrogens (tertiary/aromatic N) is 2. The minimum Gasteiger partial charge on any atom is -0.370 e. The topological polar surface area (TPSA) is 226 Å². The Kier molecular flexibility index (Phi) is 6.58. The van der Waals surface area contributed by atoms with E-state index in [1.165, 1.54) is 0 Å². The fourth-order valence-corrected chi connectivity index (χ4v) is 6.11. The molecule has 0 spiro atoms. The van der Waals surface area contributed by atoms with E-state index in [1.807, 2.05) is 0 Å². The molecule has 194 valence electrons. The molecule has 13 nitrogen and oxygen atoms in total. The normalized spacial score (nSPS) is 23.9. The van der Waals surface area contributed by atoms with Crippen LogP contribution in [0.1, 0.15) is 43.1 Å². The van der Waals surface area contributed by atoms with Crippen LogP contribution in [0.4, 0.5) is 5.95 Å². The fourth-order valence-electron chi connectivity index (χ4n) is 5.43. The summed E-state index contributed by atoms with van der Waals surface area (Å²) in [6, 6.07) is 2.45. The molecule has 5 rings (SSSR count). The van der Waals surface area contributed by atoms with Crippen molar-refractivity contribution in [3.8, 4) is 0 Å². The highest BCUT2D eigenvalue weighted by Gasteiger charge is 2.60. The number of nitrogens with two attached hydrogens (primary N) is 3. The molecule has 1 saturated carbocycles. The van der Waals surface area contributed by atoms with E-state index < -0.39 is 6.04 Å². The van der Waals surface area contributed by atoms with E-state index in [0.29, 0.717) is 17.1 Å². The number of carbonyl (C=O) groups is 3. The van der Waals surface area contributed by atoms with Crippen LogP contribution in [0.2, 0.25) is 0 Å². The molecule has 2 amide bonds. The van der Waals surface area contributed by atoms with E-state index in [2.05, 4.69) is 67.4 Å². The molecule has 11 N–H and O–H groups in total. The van der Waals surface area contributed by atoms with Crippen molar-refractivity contribution in [2.75, 3.05) is 18.8 Å². The maximum atomic E-state index is 13.3. The van der Waals surface area contributed by atoms with Gasteiger partial charge in [-0.25, -0.2) is 9.98 Å². The van der Waals surface area contributed by atoms with Crippen LogP contribution in [0, 0.1) is 17.8 Å². The minimum atomic E-state index is -0.891. The first-order chi connectivity index (χ1) is 17.6. The number of anilines is 1. The number of fused-ring (bicyclic) bond motifs is 3. The average molecular weight is 636 g/mol. The monoisotopic (exact) mass is 634 g/mol. The van der Waals surface area contributed by atoms with E-state index in [9.17, 15) is 14.4 Å². The van der Waals surface area contributed by atoms with Crippen molar-refractivity contribution >= 4 is 61.4 Å². The third-order valence-corrected chi connectivity index (χ3v) is 7.86. The van der Waals surface area contributed by atoms with E-state index in [1.54, 1.807) is 24.5 Å². The number of nitrogen functional groups attached to an aromatic ring is 1. The van der Waals surface area contributed by atoms with Crippen molar-refractivity contribution in [3.05, 3.63) is 56.2 Å². The zero-order chi connectivity index (χ0) is 26.4. The molecule has 2 aliphatic rings. The first kappa shape index (κ1) is 25.1. The predicted octanol–water partition coefficient (Wildman–Crippen LogP) is 0.817. The molecule has 15 heteroatoms. The maximum absolute atomic E-state index is 13.3. The van der Waals surface area contributed by atoms with Gasteiger partial charge < -0.3 is 42.8 Å². The zero-order valence-electron chi connectivity index (χ0n) is 19.2. The number of aromatic amines is 3. The van der Waals surface area contributed by atoms with Crippen molar-refractivity contribution in [2.24, 2.45) is 34.2 Å². The Balaban J connectivity index is 1.43. The summed E-state index contributed by atoms with van der Waals surface area (Å²) in [5, 5.41) is 5.88. The second-order valence-corrected chi connectivity index (χ2v) is 10.9. The lowest BCUT2D eigenvalue weighted by Gasteiger charge is -2.55. The molecular weight excluding hydrogens is 612 g/mol. The van der Waals surface area contributed by atoms with Crippen LogP contribution >= 0.6 is 31.9 Å². The van der Waals surface area contributed by atoms with Gasteiger partial charge in [-0.15, -0.1) is 0 Å². The summed E-state index contributed by atoms with van der Waals surface area (Å²) in [5.74, 6) is -2.06. The van der Waals surface area contributed by atoms with Gasteiger partial charge in [0.1, 0.15) is 23.1 Å². The van der Waals surface area contributed by atoms with Crippen molar-refractivity contribution in [1.29, 1.82) is 0 Å². The van der Waals surface area contributed by atoms with Gasteiger partial charge in [0.15, 0.2) is 11.9 Å². The number of Topliss-reactive ketones (excluding diaryl/α,β-unsaturated/α-hetero) is 1. The van der Waals surface area contributed by atoms with Gasteiger partial charge in [-0.2, -0.15) is 0 Å². The Morgan fingerprint density at radius 3 is 2.08 bits per heavy atom. The number of imidazole rings is 1. The zero-order valence-corrected chi connectivity index (χ0v) is 22.4. The van der Waals surface area contributed by atoms with Crippen LogP contribution in [0.5, 0.6) is 0 Å². The largest absolute Gasteiger partial charge is 0.370 e. The number of nitrogens with one attached hydrogen (secondary N) is 5. The third kappa shape index (κ3) is 4.64. The maximum Gasteiger partial charge on any atom is 0.267 e. The van der Waals surface area contributed by atoms with Crippen molar-refractivity contribution in [1.82, 2.24) is 30.6 Å². The first-order valence-corrected chi connectivity index (χ1v) is 12.9. The van der Waals surface area contributed by atoms with Gasteiger partial charge in [-0.3, -0.25) is 14.4 Å². The molecule has 0 bridgehead atoms. The van der Waals surface area contributed by atoms with Crippen LogP contribution in [-0.4, -0.2) is 62.6 Å². The van der Waals surface area contributed by atoms with E-state index in [4.69, 9.17) is 17.2 Å². The number of amides is 2. The Morgan fingerprint density at radius 2 is 1.57 bits per heavy atom. The first-order valence-electron chi connectivity index (χ1n) is 11.4. The van der Waals surface area contributed by atoms with Gasteiger partial charge in [-0.1, -0.05) is 0 Å². The number of hydrogen-bond donors (Lipinski definition) is 8. The van der Waals surface area contributed by atoms with Gasteiger partial charge in [0, 0.05) is 46.3 Å². The SMILES string of the molecule is NC(N)=N[C@@H]1C(=O)c2nc(N)[nH]c2[C@@H]2[C@@H](CNC(=O)c3cc(Br)c[nH]3)[C@H](CNC(=O)c3cc(Br)c[nH]3)[C@H]21. The van der Waals surface area contributed by atoms with Crippen LogP contribution in [0.25, 0.3) is 0 Å². The molecular formula is C22H24Br2N10O3. The van der Waals surface area contributed by atoms with Crippen molar-refractivity contribution < 1.29 is 14.4 Å². The highest BCUT2D eigenvalue weighted by molar-refractivity contribution is 9.10. The summed E-state index contributed by atoms with van der Waals surface area (Å²) in [7, 11) is 0. The standard InChI is InChI=1S/C22H24Br2N10O3/c23-7-1-11(28-3-7)19(36)30-5-9-10(6-31-20(37)12-2-8(24)4-29-12)14-13(9)15-17(34-22(27)33-15)18(35)16(14)32-21(25)26/h1-4,9-10,13-14,16,28-29H,5-6H2,(H,30,36)(H,31,37)(H4,25,26,32)(H3,27,33,34)/t9-,10-,13+,14+,16-/m0/s1. The smallest absolute Gasteiger partial charge is 0.267 e. The Labute approximate surface area is 227 Å². The molecule has 3 aromatic heterocycles. The van der Waals surface area contributed by atoms with Crippen LogP contribution in [-0.2, 0) is 0 Å². The number of ketones is 1. The van der Waals surface area contributed by atoms with Crippen LogP contribution in [0.15, 0.2) is 38.5 Å². The number of aromatic nitrogens is 4. The van der Waals surface area contributed by atoms with Gasteiger partial charge in [0.2, 0.25) is 5.78 Å². The number of halogens is 2. The third-order valence-electron chi connectivity index (χ3n) is 6.94. The number of guanidine groups is 1. The molecule has 3 heterocycles. The quantitative estimate of drug-likeness (QED) is 0.138. The van der Waals surface area contributed by atoms with E-state index in [0.717, 1.165) is 8.95 Å². The molecule has 0 saturated heterocycles. The summed E-state index contributed by atoms with van der Waals surface area (Å²) >= 11 is 6.64. The summed E-state index contributed by atoms with van der Waals surface area (Å²) in [4.78, 5) is 56.0. The van der Waals surface area contributed by atoms with Gasteiger partial charge in [-0.05, 0) is 55.8 Å².